The highest BCUT2D eigenvalue weighted by Crippen LogP contribution is 2.39. The molecule has 4 rings (SSSR count). The number of hydrogen-bond donors (Lipinski definition) is 1. The van der Waals surface area contributed by atoms with Gasteiger partial charge in [0.2, 0.25) is 5.75 Å². The van der Waals surface area contributed by atoms with E-state index in [-0.39, 0.29) is 0 Å². The van der Waals surface area contributed by atoms with Gasteiger partial charge >= 0.3 is 0 Å². The molecule has 2 heterocycles. The predicted molar refractivity (Wildman–Crippen MR) is 120 cm³/mol. The third kappa shape index (κ3) is 3.65. The second-order valence-electron chi connectivity index (χ2n) is 6.21. The van der Waals surface area contributed by atoms with Gasteiger partial charge in [-0.1, -0.05) is 30.3 Å². The molecule has 0 unspecified atom stereocenters. The van der Waals surface area contributed by atoms with Crippen molar-refractivity contribution < 1.29 is 14.2 Å². The van der Waals surface area contributed by atoms with E-state index in [9.17, 15) is 0 Å². The summed E-state index contributed by atoms with van der Waals surface area (Å²) in [6, 6.07) is 13.8. The van der Waals surface area contributed by atoms with Crippen LogP contribution in [0.15, 0.2) is 59.3 Å². The number of rotatable bonds is 7. The molecule has 0 spiro atoms. The molecule has 0 atom stereocenters. The Morgan fingerprint density at radius 2 is 1.73 bits per heavy atom. The summed E-state index contributed by atoms with van der Waals surface area (Å²) >= 11 is 1.57. The van der Waals surface area contributed by atoms with E-state index >= 15 is 0 Å². The SMILES string of the molecule is COc1ccc(/C=N/Nc2ncnc3scc(-c4ccccc4)c23)c(OC)c1OC. The molecule has 2 aromatic carbocycles. The van der Waals surface area contributed by atoms with E-state index in [1.165, 1.54) is 6.33 Å². The third-order valence-corrected chi connectivity index (χ3v) is 5.45. The lowest BCUT2D eigenvalue weighted by atomic mass is 10.1. The number of ether oxygens (including phenoxy) is 3. The first-order chi connectivity index (χ1) is 14.8. The van der Waals surface area contributed by atoms with Gasteiger partial charge in [-0.3, -0.25) is 5.43 Å². The average Bonchev–Trinajstić information content (AvgIpc) is 3.24. The molecule has 0 fully saturated rings. The van der Waals surface area contributed by atoms with Crippen LogP contribution < -0.4 is 19.6 Å². The molecule has 4 aromatic rings. The Balaban J connectivity index is 1.68. The van der Waals surface area contributed by atoms with Gasteiger partial charge in [0.25, 0.3) is 0 Å². The fourth-order valence-electron chi connectivity index (χ4n) is 3.18. The van der Waals surface area contributed by atoms with Crippen LogP contribution in [-0.4, -0.2) is 37.5 Å². The maximum atomic E-state index is 5.50. The van der Waals surface area contributed by atoms with Crippen LogP contribution in [0.1, 0.15) is 5.56 Å². The number of nitrogens with zero attached hydrogens (tertiary/aromatic N) is 3. The highest BCUT2D eigenvalue weighted by molar-refractivity contribution is 7.17. The third-order valence-electron chi connectivity index (χ3n) is 4.56. The van der Waals surface area contributed by atoms with Crippen LogP contribution >= 0.6 is 11.3 Å². The van der Waals surface area contributed by atoms with Crippen molar-refractivity contribution >= 4 is 33.6 Å². The maximum Gasteiger partial charge on any atom is 0.203 e. The minimum atomic E-state index is 0.512. The van der Waals surface area contributed by atoms with E-state index in [1.807, 2.05) is 24.3 Å². The molecule has 2 aromatic heterocycles. The minimum absolute atomic E-state index is 0.512. The van der Waals surface area contributed by atoms with Gasteiger partial charge in [-0.05, 0) is 17.7 Å². The van der Waals surface area contributed by atoms with Gasteiger partial charge in [-0.25, -0.2) is 9.97 Å². The lowest BCUT2D eigenvalue weighted by molar-refractivity contribution is 0.324. The van der Waals surface area contributed by atoms with Crippen LogP contribution in [0.5, 0.6) is 17.2 Å². The van der Waals surface area contributed by atoms with Crippen molar-refractivity contribution in [1.29, 1.82) is 0 Å². The number of methoxy groups -OCH3 is 3. The quantitative estimate of drug-likeness (QED) is 0.341. The van der Waals surface area contributed by atoms with Crippen LogP contribution in [-0.2, 0) is 0 Å². The van der Waals surface area contributed by atoms with Gasteiger partial charge < -0.3 is 14.2 Å². The molecule has 0 aliphatic carbocycles. The van der Waals surface area contributed by atoms with Crippen molar-refractivity contribution in [2.75, 3.05) is 26.8 Å². The molecule has 7 nitrogen and oxygen atoms in total. The van der Waals surface area contributed by atoms with Crippen LogP contribution in [0.4, 0.5) is 5.82 Å². The van der Waals surface area contributed by atoms with Crippen LogP contribution in [0, 0.1) is 0 Å². The lowest BCUT2D eigenvalue weighted by Crippen LogP contribution is -2.00. The Kier molecular flexibility index (Phi) is 5.76. The second kappa shape index (κ2) is 8.79. The minimum Gasteiger partial charge on any atom is -0.493 e. The molecule has 0 aliphatic rings. The molecule has 0 amide bonds. The van der Waals surface area contributed by atoms with E-state index in [4.69, 9.17) is 14.2 Å². The van der Waals surface area contributed by atoms with Crippen LogP contribution in [0.25, 0.3) is 21.3 Å². The number of fused-ring (bicyclic) bond motifs is 1. The molecule has 0 aliphatic heterocycles. The topological polar surface area (TPSA) is 77.9 Å². The van der Waals surface area contributed by atoms with Crippen molar-refractivity contribution in [2.45, 2.75) is 0 Å². The van der Waals surface area contributed by atoms with Crippen molar-refractivity contribution in [3.05, 3.63) is 59.7 Å². The van der Waals surface area contributed by atoms with E-state index in [2.05, 4.69) is 38.0 Å². The van der Waals surface area contributed by atoms with Crippen molar-refractivity contribution in [3.63, 3.8) is 0 Å². The summed E-state index contributed by atoms with van der Waals surface area (Å²) in [6.07, 6.45) is 3.19. The summed E-state index contributed by atoms with van der Waals surface area (Å²) in [5.74, 6) is 2.27. The van der Waals surface area contributed by atoms with Crippen molar-refractivity contribution in [3.8, 4) is 28.4 Å². The summed E-state index contributed by atoms with van der Waals surface area (Å²) in [5, 5.41) is 7.40. The van der Waals surface area contributed by atoms with Gasteiger partial charge in [0.05, 0.1) is 32.9 Å². The highest BCUT2D eigenvalue weighted by Gasteiger charge is 2.15. The normalized spacial score (nSPS) is 11.0. The molecule has 0 saturated heterocycles. The summed E-state index contributed by atoms with van der Waals surface area (Å²) in [4.78, 5) is 9.68. The number of nitrogens with one attached hydrogen (secondary N) is 1. The number of benzene rings is 2. The second-order valence-corrected chi connectivity index (χ2v) is 7.07. The molecule has 0 saturated carbocycles. The first-order valence-corrected chi connectivity index (χ1v) is 10.0. The number of aromatic nitrogens is 2. The number of anilines is 1. The van der Waals surface area contributed by atoms with E-state index in [1.54, 1.807) is 44.9 Å². The average molecular weight is 420 g/mol. The van der Waals surface area contributed by atoms with Gasteiger partial charge in [0.15, 0.2) is 17.3 Å². The Morgan fingerprint density at radius 1 is 0.933 bits per heavy atom. The summed E-state index contributed by atoms with van der Waals surface area (Å²) in [6.45, 7) is 0. The summed E-state index contributed by atoms with van der Waals surface area (Å²) in [7, 11) is 4.73. The number of hydrazone groups is 1. The molecule has 0 radical (unpaired) electrons. The number of hydrogen-bond acceptors (Lipinski definition) is 8. The van der Waals surface area contributed by atoms with Crippen molar-refractivity contribution in [1.82, 2.24) is 9.97 Å². The van der Waals surface area contributed by atoms with E-state index < -0.39 is 0 Å². The van der Waals surface area contributed by atoms with Crippen LogP contribution in [0.2, 0.25) is 0 Å². The fraction of sp³-hybridized carbons (Fsp3) is 0.136. The van der Waals surface area contributed by atoms with Crippen molar-refractivity contribution in [2.24, 2.45) is 5.10 Å². The molecule has 8 heteroatoms. The zero-order chi connectivity index (χ0) is 20.9. The molecule has 0 bridgehead atoms. The zero-order valence-corrected chi connectivity index (χ0v) is 17.6. The lowest BCUT2D eigenvalue weighted by Gasteiger charge is -2.13. The Morgan fingerprint density at radius 3 is 2.47 bits per heavy atom. The van der Waals surface area contributed by atoms with Gasteiger partial charge in [0, 0.05) is 16.5 Å². The fourth-order valence-corrected chi connectivity index (χ4v) is 4.09. The smallest absolute Gasteiger partial charge is 0.203 e. The first kappa shape index (κ1) is 19.7. The Labute approximate surface area is 178 Å². The molecular formula is C22H20N4O3S. The standard InChI is InChI=1S/C22H20N4O3S/c1-27-17-10-9-15(19(28-2)20(17)29-3)11-25-26-21-18-16(14-7-5-4-6-8-14)12-30-22(18)24-13-23-21/h4-13H,1-3H3,(H,23,24,26)/b25-11+. The maximum absolute atomic E-state index is 5.50. The highest BCUT2D eigenvalue weighted by atomic mass is 32.1. The Hall–Kier alpha value is -3.65. The zero-order valence-electron chi connectivity index (χ0n) is 16.7. The Bertz CT molecular complexity index is 1190. The van der Waals surface area contributed by atoms with Crippen LogP contribution in [0.3, 0.4) is 0 Å². The molecule has 1 N–H and O–H groups in total. The predicted octanol–water partition coefficient (Wildman–Crippen LogP) is 4.83. The van der Waals surface area contributed by atoms with E-state index in [0.717, 1.165) is 26.9 Å². The monoisotopic (exact) mass is 420 g/mol. The first-order valence-electron chi connectivity index (χ1n) is 9.12. The summed E-state index contributed by atoms with van der Waals surface area (Å²) < 4.78 is 16.2. The molecular weight excluding hydrogens is 400 g/mol. The largest absolute Gasteiger partial charge is 0.493 e. The van der Waals surface area contributed by atoms with E-state index in [0.29, 0.717) is 23.1 Å². The number of thiophene rings is 1. The van der Waals surface area contributed by atoms with Gasteiger partial charge in [0.1, 0.15) is 11.2 Å². The molecule has 30 heavy (non-hydrogen) atoms. The van der Waals surface area contributed by atoms with Gasteiger partial charge in [-0.15, -0.1) is 11.3 Å². The summed E-state index contributed by atoms with van der Waals surface area (Å²) in [5.41, 5.74) is 5.96. The van der Waals surface area contributed by atoms with Gasteiger partial charge in [-0.2, -0.15) is 5.10 Å². The molecule has 152 valence electrons.